The molecule has 76 valence electrons. The fourth-order valence-electron chi connectivity index (χ4n) is 1.08. The summed E-state index contributed by atoms with van der Waals surface area (Å²) in [6, 6.07) is 0. The molecule has 0 bridgehead atoms. The number of hydrogen-bond acceptors (Lipinski definition) is 2. The number of carboxylic acids is 1. The zero-order valence-electron chi connectivity index (χ0n) is 6.73. The molecule has 1 aliphatic carbocycles. The molecule has 1 saturated carbocycles. The van der Waals surface area contributed by atoms with E-state index in [1.54, 1.807) is 0 Å². The fraction of sp³-hybridized carbons (Fsp3) is 0.857. The molecule has 0 radical (unpaired) electrons. The summed E-state index contributed by atoms with van der Waals surface area (Å²) >= 11 is -0.145. The molecule has 13 heavy (non-hydrogen) atoms. The van der Waals surface area contributed by atoms with Gasteiger partial charge in [0.15, 0.2) is 0 Å². The molecule has 0 aromatic rings. The zero-order valence-corrected chi connectivity index (χ0v) is 7.54. The molecular formula is C7H9F3O2S. The molecule has 0 spiro atoms. The highest BCUT2D eigenvalue weighted by Gasteiger charge is 2.50. The second kappa shape index (κ2) is 3.40. The van der Waals surface area contributed by atoms with E-state index in [1.165, 1.54) is 0 Å². The first-order chi connectivity index (χ1) is 5.86. The van der Waals surface area contributed by atoms with E-state index >= 15 is 0 Å². The van der Waals surface area contributed by atoms with Gasteiger partial charge in [-0.05, 0) is 19.3 Å². The van der Waals surface area contributed by atoms with Crippen LogP contribution >= 0.6 is 11.8 Å². The third kappa shape index (κ3) is 3.10. The number of rotatable bonds is 4. The predicted octanol–water partition coefficient (Wildman–Crippen LogP) is 2.49. The van der Waals surface area contributed by atoms with Gasteiger partial charge >= 0.3 is 11.5 Å². The quantitative estimate of drug-likeness (QED) is 0.781. The minimum absolute atomic E-state index is 0.118. The molecule has 0 heterocycles. The minimum Gasteiger partial charge on any atom is -0.481 e. The lowest BCUT2D eigenvalue weighted by Gasteiger charge is -2.09. The molecule has 6 heteroatoms. The number of alkyl halides is 3. The van der Waals surface area contributed by atoms with Gasteiger partial charge in [-0.3, -0.25) is 4.79 Å². The fourth-order valence-corrected chi connectivity index (χ4v) is 1.81. The lowest BCUT2D eigenvalue weighted by molar-refractivity contribution is -0.143. The number of aliphatic carboxylic acids is 1. The Balaban J connectivity index is 2.24. The maximum atomic E-state index is 11.7. The maximum absolute atomic E-state index is 11.7. The van der Waals surface area contributed by atoms with Crippen molar-refractivity contribution >= 4 is 17.7 Å². The summed E-state index contributed by atoms with van der Waals surface area (Å²) in [6.07, 6.45) is 1.15. The van der Waals surface area contributed by atoms with Crippen LogP contribution in [0, 0.1) is 5.41 Å². The van der Waals surface area contributed by atoms with Crippen LogP contribution in [-0.4, -0.2) is 22.3 Å². The summed E-state index contributed by atoms with van der Waals surface area (Å²) < 4.78 is 35.0. The number of carbonyl (C=O) groups is 1. The Kier molecular flexibility index (Phi) is 2.79. The van der Waals surface area contributed by atoms with E-state index in [9.17, 15) is 18.0 Å². The van der Waals surface area contributed by atoms with E-state index in [-0.39, 0.29) is 23.9 Å². The van der Waals surface area contributed by atoms with Crippen LogP contribution in [0.1, 0.15) is 19.3 Å². The van der Waals surface area contributed by atoms with Gasteiger partial charge in [-0.2, -0.15) is 13.2 Å². The van der Waals surface area contributed by atoms with Gasteiger partial charge in [0.25, 0.3) is 0 Å². The van der Waals surface area contributed by atoms with Gasteiger partial charge in [0.05, 0.1) is 5.41 Å². The molecule has 0 aromatic heterocycles. The molecular weight excluding hydrogens is 205 g/mol. The van der Waals surface area contributed by atoms with Crippen molar-refractivity contribution in [3.63, 3.8) is 0 Å². The van der Waals surface area contributed by atoms with Crippen molar-refractivity contribution in [3.8, 4) is 0 Å². The summed E-state index contributed by atoms with van der Waals surface area (Å²) in [4.78, 5) is 10.5. The van der Waals surface area contributed by atoms with Crippen LogP contribution < -0.4 is 0 Å². The Bertz CT molecular complexity index is 210. The second-order valence-electron chi connectivity index (χ2n) is 3.13. The Morgan fingerprint density at radius 3 is 2.31 bits per heavy atom. The smallest absolute Gasteiger partial charge is 0.441 e. The highest BCUT2D eigenvalue weighted by molar-refractivity contribution is 8.00. The van der Waals surface area contributed by atoms with E-state index in [0.29, 0.717) is 12.8 Å². The highest BCUT2D eigenvalue weighted by Crippen LogP contribution is 2.50. The minimum atomic E-state index is -4.24. The summed E-state index contributed by atoms with van der Waals surface area (Å²) in [7, 11) is 0. The SMILES string of the molecule is O=C(O)C1(CCSC(F)(F)F)CC1. The molecule has 1 aliphatic rings. The van der Waals surface area contributed by atoms with Gasteiger partial charge in [-0.1, -0.05) is 11.8 Å². The van der Waals surface area contributed by atoms with Gasteiger partial charge in [0, 0.05) is 5.75 Å². The standard InChI is InChI=1S/C7H9F3O2S/c8-7(9,10)13-4-3-6(1-2-6)5(11)12/h1-4H2,(H,11,12). The van der Waals surface area contributed by atoms with Gasteiger partial charge in [-0.25, -0.2) is 0 Å². The molecule has 0 aromatic carbocycles. The lowest BCUT2D eigenvalue weighted by atomic mass is 10.1. The van der Waals surface area contributed by atoms with Crippen LogP contribution in [0.25, 0.3) is 0 Å². The topological polar surface area (TPSA) is 37.3 Å². The first-order valence-electron chi connectivity index (χ1n) is 3.80. The van der Waals surface area contributed by atoms with E-state index in [4.69, 9.17) is 5.11 Å². The number of carboxylic acid groups (broad SMARTS) is 1. The summed E-state index contributed by atoms with van der Waals surface area (Å²) in [5, 5.41) is 8.64. The summed E-state index contributed by atoms with van der Waals surface area (Å²) in [6.45, 7) is 0. The van der Waals surface area contributed by atoms with Crippen molar-refractivity contribution in [1.29, 1.82) is 0 Å². The monoisotopic (exact) mass is 214 g/mol. The van der Waals surface area contributed by atoms with Gasteiger partial charge < -0.3 is 5.11 Å². The molecule has 0 aliphatic heterocycles. The van der Waals surface area contributed by atoms with E-state index in [0.717, 1.165) is 0 Å². The van der Waals surface area contributed by atoms with Crippen LogP contribution in [0.3, 0.4) is 0 Å². The predicted molar refractivity (Wildman–Crippen MR) is 42.4 cm³/mol. The van der Waals surface area contributed by atoms with E-state index in [1.807, 2.05) is 0 Å². The molecule has 1 fully saturated rings. The molecule has 1 N–H and O–H groups in total. The Morgan fingerprint density at radius 2 is 2.00 bits per heavy atom. The number of thioether (sulfide) groups is 1. The normalized spacial score (nSPS) is 19.9. The van der Waals surface area contributed by atoms with Crippen LogP contribution in [0.5, 0.6) is 0 Å². The molecule has 1 rings (SSSR count). The number of hydrogen-bond donors (Lipinski definition) is 1. The summed E-state index contributed by atoms with van der Waals surface area (Å²) in [5.74, 6) is -1.12. The lowest BCUT2D eigenvalue weighted by Crippen LogP contribution is -2.16. The third-order valence-electron chi connectivity index (χ3n) is 2.15. The molecule has 2 nitrogen and oxygen atoms in total. The van der Waals surface area contributed by atoms with Crippen molar-refractivity contribution in [1.82, 2.24) is 0 Å². The third-order valence-corrected chi connectivity index (χ3v) is 2.89. The van der Waals surface area contributed by atoms with Crippen LogP contribution in [0.4, 0.5) is 13.2 Å². The Hall–Kier alpha value is -0.390. The maximum Gasteiger partial charge on any atom is 0.441 e. The Morgan fingerprint density at radius 1 is 1.46 bits per heavy atom. The zero-order chi connectivity index (χ0) is 10.1. The molecule has 0 unspecified atom stereocenters. The molecule has 0 atom stereocenters. The van der Waals surface area contributed by atoms with Crippen molar-refractivity contribution in [2.24, 2.45) is 5.41 Å². The van der Waals surface area contributed by atoms with Crippen molar-refractivity contribution in [2.75, 3.05) is 5.75 Å². The van der Waals surface area contributed by atoms with Crippen LogP contribution in [0.15, 0.2) is 0 Å². The average Bonchev–Trinajstić information content (AvgIpc) is 2.65. The summed E-state index contributed by atoms with van der Waals surface area (Å²) in [5.41, 5.74) is -5.08. The van der Waals surface area contributed by atoms with Gasteiger partial charge in [0.1, 0.15) is 0 Å². The molecule has 0 amide bonds. The van der Waals surface area contributed by atoms with Gasteiger partial charge in [0.2, 0.25) is 0 Å². The van der Waals surface area contributed by atoms with E-state index < -0.39 is 16.9 Å². The highest BCUT2D eigenvalue weighted by atomic mass is 32.2. The largest absolute Gasteiger partial charge is 0.481 e. The van der Waals surface area contributed by atoms with Gasteiger partial charge in [-0.15, -0.1) is 0 Å². The van der Waals surface area contributed by atoms with E-state index in [2.05, 4.69) is 0 Å². The Labute approximate surface area is 77.5 Å². The second-order valence-corrected chi connectivity index (χ2v) is 4.29. The van der Waals surface area contributed by atoms with Crippen molar-refractivity contribution in [3.05, 3.63) is 0 Å². The van der Waals surface area contributed by atoms with Crippen molar-refractivity contribution < 1.29 is 23.1 Å². The number of halogens is 3. The van der Waals surface area contributed by atoms with Crippen LogP contribution in [0.2, 0.25) is 0 Å². The first-order valence-corrected chi connectivity index (χ1v) is 4.78. The van der Waals surface area contributed by atoms with Crippen molar-refractivity contribution in [2.45, 2.75) is 24.8 Å². The van der Waals surface area contributed by atoms with Crippen LogP contribution in [-0.2, 0) is 4.79 Å². The first kappa shape index (κ1) is 10.7. The average molecular weight is 214 g/mol. The molecule has 0 saturated heterocycles.